The number of aromatic nitrogens is 1. The van der Waals surface area contributed by atoms with Crippen molar-refractivity contribution >= 4 is 10.9 Å². The van der Waals surface area contributed by atoms with Crippen molar-refractivity contribution < 1.29 is 28.5 Å². The Hall–Kier alpha value is -2.39. The summed E-state index contributed by atoms with van der Waals surface area (Å²) in [5.41, 5.74) is 1.21. The van der Waals surface area contributed by atoms with Crippen LogP contribution in [0.2, 0.25) is 0 Å². The lowest BCUT2D eigenvalue weighted by Gasteiger charge is -2.39. The van der Waals surface area contributed by atoms with E-state index in [4.69, 9.17) is 0 Å². The Kier molecular flexibility index (Phi) is 6.07. The molecule has 31 heavy (non-hydrogen) atoms. The lowest BCUT2D eigenvalue weighted by atomic mass is 9.70. The maximum atomic E-state index is 14.4. The van der Waals surface area contributed by atoms with Crippen molar-refractivity contribution in [3.63, 3.8) is 0 Å². The van der Waals surface area contributed by atoms with Gasteiger partial charge in [0.2, 0.25) is 0 Å². The van der Waals surface area contributed by atoms with E-state index in [-0.39, 0.29) is 23.2 Å². The molecule has 166 valence electrons. The summed E-state index contributed by atoms with van der Waals surface area (Å²) < 4.78 is 41.8. The molecule has 0 unspecified atom stereocenters. The van der Waals surface area contributed by atoms with Crippen molar-refractivity contribution in [1.29, 1.82) is 0 Å². The van der Waals surface area contributed by atoms with Crippen molar-refractivity contribution in [2.45, 2.75) is 24.3 Å². The van der Waals surface area contributed by atoms with Crippen LogP contribution in [0.15, 0.2) is 36.4 Å². The maximum absolute atomic E-state index is 14.4. The number of fused-ring (bicyclic) bond motifs is 1. The second-order valence-corrected chi connectivity index (χ2v) is 8.40. The quantitative estimate of drug-likeness (QED) is 0.377. The number of rotatable bonds is 8. The van der Waals surface area contributed by atoms with Gasteiger partial charge in [-0.15, -0.1) is 0 Å². The van der Waals surface area contributed by atoms with Crippen LogP contribution in [0, 0.1) is 23.4 Å². The molecular formula is C23H25F3N2O3. The van der Waals surface area contributed by atoms with Gasteiger partial charge in [-0.3, -0.25) is 0 Å². The Bertz CT molecular complexity index is 1050. The third-order valence-electron chi connectivity index (χ3n) is 6.32. The highest BCUT2D eigenvalue weighted by atomic mass is 19.1. The van der Waals surface area contributed by atoms with Gasteiger partial charge in [-0.2, -0.15) is 0 Å². The van der Waals surface area contributed by atoms with E-state index < -0.39 is 37.0 Å². The fourth-order valence-electron chi connectivity index (χ4n) is 4.32. The first-order valence-electron chi connectivity index (χ1n) is 10.2. The molecule has 1 aromatic heterocycles. The zero-order valence-corrected chi connectivity index (χ0v) is 16.8. The molecule has 5 N–H and O–H groups in total. The summed E-state index contributed by atoms with van der Waals surface area (Å²) in [4.78, 5) is 3.06. The first-order chi connectivity index (χ1) is 14.9. The molecular weight excluding hydrogens is 409 g/mol. The van der Waals surface area contributed by atoms with E-state index in [1.54, 1.807) is 12.1 Å². The number of hydrogen-bond donors (Lipinski definition) is 5. The van der Waals surface area contributed by atoms with Crippen LogP contribution in [0.4, 0.5) is 13.2 Å². The van der Waals surface area contributed by atoms with Gasteiger partial charge < -0.3 is 25.6 Å². The Labute approximate surface area is 177 Å². The van der Waals surface area contributed by atoms with Gasteiger partial charge in [0.25, 0.3) is 0 Å². The highest BCUT2D eigenvalue weighted by molar-refractivity contribution is 5.92. The number of aliphatic hydroxyl groups excluding tert-OH is 3. The van der Waals surface area contributed by atoms with Gasteiger partial charge in [0.1, 0.15) is 17.5 Å². The number of hydrogen-bond acceptors (Lipinski definition) is 4. The average Bonchev–Trinajstić information content (AvgIpc) is 3.10. The number of benzene rings is 2. The predicted octanol–water partition coefficient (Wildman–Crippen LogP) is 3.05. The number of nitrogens with one attached hydrogen (secondary N) is 2. The molecule has 0 radical (unpaired) electrons. The van der Waals surface area contributed by atoms with Gasteiger partial charge in [-0.25, -0.2) is 13.2 Å². The standard InChI is InChI=1S/C23H25F3N2O3/c24-16-3-1-14(2-4-16)21-20(18-7-17(25)8-19(26)22(18)28-21)15-5-13(6-15)9-27-23(10-29,11-30)12-31/h1-4,7-8,13,15,27-31H,5-6,9-12H2. The van der Waals surface area contributed by atoms with Crippen LogP contribution in [0.25, 0.3) is 22.2 Å². The normalized spacial score (nSPS) is 19.0. The minimum Gasteiger partial charge on any atom is -0.394 e. The molecule has 0 aliphatic heterocycles. The third-order valence-corrected chi connectivity index (χ3v) is 6.32. The molecule has 8 heteroatoms. The van der Waals surface area contributed by atoms with E-state index in [9.17, 15) is 28.5 Å². The van der Waals surface area contributed by atoms with Gasteiger partial charge in [-0.05, 0) is 72.7 Å². The fraction of sp³-hybridized carbons (Fsp3) is 0.391. The van der Waals surface area contributed by atoms with Crippen LogP contribution in [0.1, 0.15) is 24.3 Å². The summed E-state index contributed by atoms with van der Waals surface area (Å²) in [6.07, 6.45) is 1.45. The smallest absolute Gasteiger partial charge is 0.150 e. The lowest BCUT2D eigenvalue weighted by Crippen LogP contribution is -2.56. The van der Waals surface area contributed by atoms with Crippen molar-refractivity contribution in [2.75, 3.05) is 26.4 Å². The highest BCUT2D eigenvalue weighted by Crippen LogP contribution is 2.48. The van der Waals surface area contributed by atoms with Crippen LogP contribution in [-0.4, -0.2) is 52.2 Å². The van der Waals surface area contributed by atoms with Crippen molar-refractivity contribution in [3.8, 4) is 11.3 Å². The molecule has 3 aromatic rings. The van der Waals surface area contributed by atoms with E-state index in [0.717, 1.165) is 24.5 Å². The van der Waals surface area contributed by atoms with E-state index in [0.29, 0.717) is 23.2 Å². The molecule has 1 heterocycles. The fourth-order valence-corrected chi connectivity index (χ4v) is 4.32. The van der Waals surface area contributed by atoms with Crippen LogP contribution in [-0.2, 0) is 0 Å². The first-order valence-corrected chi connectivity index (χ1v) is 10.2. The predicted molar refractivity (Wildman–Crippen MR) is 111 cm³/mol. The largest absolute Gasteiger partial charge is 0.394 e. The monoisotopic (exact) mass is 434 g/mol. The van der Waals surface area contributed by atoms with Crippen molar-refractivity contribution in [3.05, 3.63) is 59.4 Å². The first kappa shape index (κ1) is 21.8. The Morgan fingerprint density at radius 1 is 0.935 bits per heavy atom. The highest BCUT2D eigenvalue weighted by Gasteiger charge is 2.36. The molecule has 1 fully saturated rings. The van der Waals surface area contributed by atoms with Crippen molar-refractivity contribution in [2.24, 2.45) is 5.92 Å². The van der Waals surface area contributed by atoms with Gasteiger partial charge in [0.05, 0.1) is 36.6 Å². The second kappa shape index (κ2) is 8.63. The van der Waals surface area contributed by atoms with Crippen LogP contribution in [0.5, 0.6) is 0 Å². The number of H-pyrrole nitrogens is 1. The molecule has 1 saturated carbocycles. The zero-order valence-electron chi connectivity index (χ0n) is 16.8. The minimum absolute atomic E-state index is 0.0357. The molecule has 1 aliphatic carbocycles. The third kappa shape index (κ3) is 4.08. The molecule has 4 rings (SSSR count). The molecule has 1 aliphatic rings. The molecule has 0 atom stereocenters. The van der Waals surface area contributed by atoms with Crippen LogP contribution in [0.3, 0.4) is 0 Å². The topological polar surface area (TPSA) is 88.5 Å². The molecule has 0 spiro atoms. The molecule has 5 nitrogen and oxygen atoms in total. The van der Waals surface area contributed by atoms with Gasteiger partial charge in [0.15, 0.2) is 0 Å². The summed E-state index contributed by atoms with van der Waals surface area (Å²) in [7, 11) is 0. The van der Waals surface area contributed by atoms with Gasteiger partial charge in [0, 0.05) is 11.5 Å². The van der Waals surface area contributed by atoms with E-state index in [2.05, 4.69) is 10.3 Å². The van der Waals surface area contributed by atoms with Gasteiger partial charge in [-0.1, -0.05) is 0 Å². The average molecular weight is 434 g/mol. The summed E-state index contributed by atoms with van der Waals surface area (Å²) in [6.45, 7) is -0.710. The second-order valence-electron chi connectivity index (χ2n) is 8.40. The van der Waals surface area contributed by atoms with E-state index in [1.807, 2.05) is 0 Å². The summed E-state index contributed by atoms with van der Waals surface area (Å²) in [6, 6.07) is 8.02. The summed E-state index contributed by atoms with van der Waals surface area (Å²) >= 11 is 0. The lowest BCUT2D eigenvalue weighted by molar-refractivity contribution is 0.0359. The SMILES string of the molecule is OCC(CO)(CO)NCC1CC(c2c(-c3ccc(F)cc3)[nH]c3c(F)cc(F)cc23)C1. The zero-order chi connectivity index (χ0) is 22.2. The summed E-state index contributed by atoms with van der Waals surface area (Å²) in [5.74, 6) is -1.48. The van der Waals surface area contributed by atoms with Crippen LogP contribution < -0.4 is 5.32 Å². The molecule has 2 aromatic carbocycles. The minimum atomic E-state index is -1.14. The van der Waals surface area contributed by atoms with Gasteiger partial charge >= 0.3 is 0 Å². The number of aromatic amines is 1. The van der Waals surface area contributed by atoms with Crippen LogP contribution >= 0.6 is 0 Å². The number of aliphatic hydroxyl groups is 3. The Balaban J connectivity index is 1.62. The number of halogens is 3. The van der Waals surface area contributed by atoms with Crippen molar-refractivity contribution in [1.82, 2.24) is 10.3 Å². The molecule has 0 amide bonds. The van der Waals surface area contributed by atoms with E-state index >= 15 is 0 Å². The Morgan fingerprint density at radius 2 is 1.58 bits per heavy atom. The molecule has 0 bridgehead atoms. The molecule has 0 saturated heterocycles. The Morgan fingerprint density at radius 3 is 2.19 bits per heavy atom. The summed E-state index contributed by atoms with van der Waals surface area (Å²) in [5, 5.41) is 31.9. The van der Waals surface area contributed by atoms with E-state index in [1.165, 1.54) is 18.2 Å². The maximum Gasteiger partial charge on any atom is 0.150 e.